The van der Waals surface area contributed by atoms with E-state index in [-0.39, 0.29) is 40.4 Å². The Bertz CT molecular complexity index is 1370. The zero-order valence-electron chi connectivity index (χ0n) is 18.0. The van der Waals surface area contributed by atoms with Crippen LogP contribution in [0.2, 0.25) is 0 Å². The van der Waals surface area contributed by atoms with Crippen LogP contribution in [0.4, 0.5) is 20.2 Å². The monoisotopic (exact) mass is 446 g/mol. The van der Waals surface area contributed by atoms with E-state index < -0.39 is 28.4 Å². The summed E-state index contributed by atoms with van der Waals surface area (Å²) < 4.78 is 29.3. The molecule has 2 aromatic carbocycles. The lowest BCUT2D eigenvalue weighted by molar-refractivity contribution is -0.123. The summed E-state index contributed by atoms with van der Waals surface area (Å²) >= 11 is 0. The maximum absolute atomic E-state index is 14.9. The first-order valence-corrected chi connectivity index (χ1v) is 10.4. The number of nitrogens with two attached hydrogens (primary N) is 1. The van der Waals surface area contributed by atoms with Crippen LogP contribution < -0.4 is 16.0 Å². The average molecular weight is 446 g/mol. The number of nitrogens with one attached hydrogen (secondary N) is 1. The van der Waals surface area contributed by atoms with Crippen molar-refractivity contribution in [3.05, 3.63) is 82.3 Å². The van der Waals surface area contributed by atoms with Gasteiger partial charge in [0, 0.05) is 28.9 Å². The number of nitriles is 1. The normalized spacial score (nSPS) is 23.4. The quantitative estimate of drug-likeness (QED) is 0.690. The van der Waals surface area contributed by atoms with Gasteiger partial charge < -0.3 is 11.1 Å². The van der Waals surface area contributed by atoms with E-state index in [1.54, 1.807) is 6.07 Å². The van der Waals surface area contributed by atoms with Crippen LogP contribution in [0.1, 0.15) is 32.3 Å². The van der Waals surface area contributed by atoms with Crippen LogP contribution in [0.15, 0.2) is 65.1 Å². The van der Waals surface area contributed by atoms with Crippen LogP contribution >= 0.6 is 0 Å². The van der Waals surface area contributed by atoms with Gasteiger partial charge in [0.15, 0.2) is 5.78 Å². The number of nitrogens with zero attached hydrogens (tertiary/aromatic N) is 2. The van der Waals surface area contributed by atoms with E-state index in [2.05, 4.69) is 5.32 Å². The topological polar surface area (TPSA) is 99.2 Å². The molecule has 1 atom stereocenters. The number of Topliss-reactive ketones (excluding diaryl/α,β-unsaturated/α-hetero) is 1. The van der Waals surface area contributed by atoms with E-state index in [9.17, 15) is 23.6 Å². The zero-order chi connectivity index (χ0) is 23.7. The molecule has 1 amide bonds. The van der Waals surface area contributed by atoms with Gasteiger partial charge in [0.05, 0.1) is 11.3 Å². The minimum Gasteiger partial charge on any atom is -0.384 e. The number of ketones is 1. The Labute approximate surface area is 189 Å². The molecule has 3 aliphatic rings. The Kier molecular flexibility index (Phi) is 4.27. The van der Waals surface area contributed by atoms with Gasteiger partial charge in [-0.2, -0.15) is 5.26 Å². The number of fused-ring (bicyclic) bond motifs is 3. The van der Waals surface area contributed by atoms with Crippen LogP contribution in [0.5, 0.6) is 0 Å². The summed E-state index contributed by atoms with van der Waals surface area (Å²) in [6, 6.07) is 11.6. The molecular formula is C25H20F2N4O2. The minimum atomic E-state index is -1.90. The molecule has 0 saturated heterocycles. The third-order valence-electron chi connectivity index (χ3n) is 6.55. The number of anilines is 2. The molecule has 5 rings (SSSR count). The van der Waals surface area contributed by atoms with Crippen molar-refractivity contribution < 1.29 is 18.4 Å². The number of carbonyl (C=O) groups is 2. The van der Waals surface area contributed by atoms with Crippen molar-refractivity contribution >= 4 is 23.1 Å². The second-order valence-electron chi connectivity index (χ2n) is 9.32. The first-order chi connectivity index (χ1) is 15.6. The first kappa shape index (κ1) is 20.9. The molecule has 0 saturated carbocycles. The summed E-state index contributed by atoms with van der Waals surface area (Å²) in [6.07, 6.45) is 0.400. The molecule has 2 heterocycles. The highest BCUT2D eigenvalue weighted by atomic mass is 19.1. The maximum Gasteiger partial charge on any atom is 0.245 e. The van der Waals surface area contributed by atoms with E-state index >= 15 is 0 Å². The standard InChI is InChI=1S/C25H20F2N4O2/c1-24(2)10-19-21(20(32)11-24)25(14-9-13(26)7-8-17(14)30-23(25)33)15(12-28)22(29)31(19)18-6-4-3-5-16(18)27/h3-9H,10-11,29H2,1-2H3,(H,30,33). The fourth-order valence-electron chi connectivity index (χ4n) is 5.30. The highest BCUT2D eigenvalue weighted by Gasteiger charge is 2.61. The SMILES string of the molecule is CC1(C)CC(=O)C2=C(C1)N(c1ccccc1F)C(N)=C(C#N)C21C(=O)Nc2ccc(F)cc21. The summed E-state index contributed by atoms with van der Waals surface area (Å²) in [5.41, 5.74) is 4.73. The van der Waals surface area contributed by atoms with Crippen molar-refractivity contribution in [1.82, 2.24) is 0 Å². The van der Waals surface area contributed by atoms with Crippen LogP contribution in [0.3, 0.4) is 0 Å². The molecule has 3 N–H and O–H groups in total. The van der Waals surface area contributed by atoms with E-state index in [1.807, 2.05) is 19.9 Å². The zero-order valence-corrected chi connectivity index (χ0v) is 18.0. The van der Waals surface area contributed by atoms with Crippen molar-refractivity contribution in [3.63, 3.8) is 0 Å². The summed E-state index contributed by atoms with van der Waals surface area (Å²) in [5.74, 6) is -2.41. The predicted octanol–water partition coefficient (Wildman–Crippen LogP) is 4.01. The van der Waals surface area contributed by atoms with Crippen LogP contribution in [0.25, 0.3) is 0 Å². The summed E-state index contributed by atoms with van der Waals surface area (Å²) in [6.45, 7) is 3.78. The van der Waals surface area contributed by atoms with Gasteiger partial charge in [-0.1, -0.05) is 26.0 Å². The van der Waals surface area contributed by atoms with E-state index in [1.165, 1.54) is 35.2 Å². The van der Waals surface area contributed by atoms with Gasteiger partial charge >= 0.3 is 0 Å². The van der Waals surface area contributed by atoms with Gasteiger partial charge in [-0.25, -0.2) is 8.78 Å². The lowest BCUT2D eigenvalue weighted by Crippen LogP contribution is -2.52. The largest absolute Gasteiger partial charge is 0.384 e. The maximum atomic E-state index is 14.9. The third kappa shape index (κ3) is 2.68. The van der Waals surface area contributed by atoms with E-state index in [0.29, 0.717) is 17.8 Å². The number of amides is 1. The predicted molar refractivity (Wildman–Crippen MR) is 117 cm³/mol. The Morgan fingerprint density at radius 1 is 1.12 bits per heavy atom. The molecular weight excluding hydrogens is 426 g/mol. The molecule has 1 spiro atoms. The van der Waals surface area contributed by atoms with Crippen molar-refractivity contribution in [2.24, 2.45) is 11.1 Å². The fraction of sp³-hybridized carbons (Fsp3) is 0.240. The summed E-state index contributed by atoms with van der Waals surface area (Å²) in [7, 11) is 0. The van der Waals surface area contributed by atoms with Gasteiger partial charge in [0.2, 0.25) is 5.91 Å². The second kappa shape index (κ2) is 6.75. The van der Waals surface area contributed by atoms with Gasteiger partial charge in [0.1, 0.15) is 28.9 Å². The lowest BCUT2D eigenvalue weighted by atomic mass is 9.60. The molecule has 0 radical (unpaired) electrons. The number of benzene rings is 2. The van der Waals surface area contributed by atoms with Gasteiger partial charge in [-0.3, -0.25) is 14.5 Å². The number of halogens is 2. The van der Waals surface area contributed by atoms with Gasteiger partial charge in [-0.05, 0) is 42.2 Å². The van der Waals surface area contributed by atoms with Crippen LogP contribution in [-0.2, 0) is 15.0 Å². The number of hydrogen-bond donors (Lipinski definition) is 2. The van der Waals surface area contributed by atoms with E-state index in [0.717, 1.165) is 6.07 Å². The number of carbonyl (C=O) groups excluding carboxylic acids is 2. The number of allylic oxidation sites excluding steroid dienone is 1. The molecule has 0 aromatic heterocycles. The van der Waals surface area contributed by atoms with Crippen molar-refractivity contribution in [2.45, 2.75) is 32.1 Å². The van der Waals surface area contributed by atoms with Crippen LogP contribution in [0, 0.1) is 28.4 Å². The van der Waals surface area contributed by atoms with Gasteiger partial charge in [-0.15, -0.1) is 0 Å². The molecule has 1 aliphatic carbocycles. The Morgan fingerprint density at radius 2 is 1.85 bits per heavy atom. The summed E-state index contributed by atoms with van der Waals surface area (Å²) in [4.78, 5) is 28.6. The second-order valence-corrected chi connectivity index (χ2v) is 9.32. The Hall–Kier alpha value is -3.99. The van der Waals surface area contributed by atoms with Crippen molar-refractivity contribution in [1.29, 1.82) is 5.26 Å². The highest BCUT2D eigenvalue weighted by Crippen LogP contribution is 2.57. The average Bonchev–Trinajstić information content (AvgIpc) is 3.00. The molecule has 2 aromatic rings. The van der Waals surface area contributed by atoms with Crippen molar-refractivity contribution in [3.8, 4) is 6.07 Å². The Balaban J connectivity index is 1.93. The third-order valence-corrected chi connectivity index (χ3v) is 6.55. The molecule has 0 fully saturated rings. The van der Waals surface area contributed by atoms with E-state index in [4.69, 9.17) is 5.73 Å². The molecule has 33 heavy (non-hydrogen) atoms. The number of para-hydroxylation sites is 1. The number of rotatable bonds is 1. The Morgan fingerprint density at radius 3 is 2.55 bits per heavy atom. The lowest BCUT2D eigenvalue weighted by Gasteiger charge is -2.46. The highest BCUT2D eigenvalue weighted by molar-refractivity contribution is 6.20. The molecule has 1 unspecified atom stereocenters. The molecule has 0 bridgehead atoms. The smallest absolute Gasteiger partial charge is 0.245 e. The first-order valence-electron chi connectivity index (χ1n) is 10.4. The van der Waals surface area contributed by atoms with Gasteiger partial charge in [0.25, 0.3) is 0 Å². The molecule has 8 heteroatoms. The molecule has 2 aliphatic heterocycles. The minimum absolute atomic E-state index is 0.0395. The number of hydrogen-bond acceptors (Lipinski definition) is 5. The van der Waals surface area contributed by atoms with Crippen molar-refractivity contribution in [2.75, 3.05) is 10.2 Å². The summed E-state index contributed by atoms with van der Waals surface area (Å²) in [5, 5.41) is 12.9. The fourth-order valence-corrected chi connectivity index (χ4v) is 5.30. The van der Waals surface area contributed by atoms with Crippen LogP contribution in [-0.4, -0.2) is 11.7 Å². The molecule has 166 valence electrons. The molecule has 6 nitrogen and oxygen atoms in total.